The van der Waals surface area contributed by atoms with Gasteiger partial charge < -0.3 is 4.74 Å². The lowest BCUT2D eigenvalue weighted by molar-refractivity contribution is 0.0866. The Morgan fingerprint density at radius 2 is 2.33 bits per heavy atom. The van der Waals surface area contributed by atoms with Crippen molar-refractivity contribution in [3.63, 3.8) is 0 Å². The Bertz CT molecular complexity index is 161. The van der Waals surface area contributed by atoms with Crippen molar-refractivity contribution in [1.29, 1.82) is 0 Å². The van der Waals surface area contributed by atoms with Crippen molar-refractivity contribution in [2.24, 2.45) is 11.3 Å². The molecule has 2 heteroatoms. The van der Waals surface area contributed by atoms with Gasteiger partial charge in [0.25, 0.3) is 0 Å². The molecule has 12 heavy (non-hydrogen) atoms. The van der Waals surface area contributed by atoms with Crippen LogP contribution in [-0.4, -0.2) is 18.6 Å². The van der Waals surface area contributed by atoms with Crippen molar-refractivity contribution in [1.82, 2.24) is 0 Å². The average molecular weight is 189 g/mol. The molecule has 0 spiro atoms. The van der Waals surface area contributed by atoms with Crippen molar-refractivity contribution in [3.8, 4) is 0 Å². The quantitative estimate of drug-likeness (QED) is 0.619. The minimum Gasteiger partial charge on any atom is -0.378 e. The molecule has 2 aliphatic rings. The predicted octanol–water partition coefficient (Wildman–Crippen LogP) is 2.82. The van der Waals surface area contributed by atoms with Crippen LogP contribution in [0.5, 0.6) is 0 Å². The van der Waals surface area contributed by atoms with E-state index in [0.717, 1.165) is 18.4 Å². The van der Waals surface area contributed by atoms with Crippen LogP contribution in [0.4, 0.5) is 0 Å². The maximum Gasteiger partial charge on any atom is 0.0581 e. The number of hydrogen-bond donors (Lipinski definition) is 0. The summed E-state index contributed by atoms with van der Waals surface area (Å²) in [6.07, 6.45) is 5.55. The first-order valence-corrected chi connectivity index (χ1v) is 5.48. The van der Waals surface area contributed by atoms with Crippen LogP contribution in [0.15, 0.2) is 0 Å². The molecular formula is C10H17ClO. The molecule has 1 heterocycles. The molecule has 0 aromatic rings. The zero-order valence-electron chi connectivity index (χ0n) is 7.68. The summed E-state index contributed by atoms with van der Waals surface area (Å²) in [5.41, 5.74) is 0.455. The van der Waals surface area contributed by atoms with Crippen LogP contribution in [0.25, 0.3) is 0 Å². The van der Waals surface area contributed by atoms with Crippen molar-refractivity contribution in [3.05, 3.63) is 0 Å². The third kappa shape index (κ3) is 1.49. The molecule has 2 rings (SSSR count). The van der Waals surface area contributed by atoms with Gasteiger partial charge in [0.2, 0.25) is 0 Å². The van der Waals surface area contributed by atoms with Gasteiger partial charge in [0.05, 0.1) is 6.10 Å². The summed E-state index contributed by atoms with van der Waals surface area (Å²) < 4.78 is 5.62. The van der Waals surface area contributed by atoms with E-state index < -0.39 is 0 Å². The molecule has 1 saturated carbocycles. The fourth-order valence-corrected chi connectivity index (χ4v) is 2.82. The van der Waals surface area contributed by atoms with E-state index in [1.165, 1.54) is 25.7 Å². The van der Waals surface area contributed by atoms with E-state index in [9.17, 15) is 0 Å². The summed E-state index contributed by atoms with van der Waals surface area (Å²) in [6, 6.07) is 0. The summed E-state index contributed by atoms with van der Waals surface area (Å²) in [4.78, 5) is 0. The molecule has 2 fully saturated rings. The Labute approximate surface area is 79.4 Å². The first-order chi connectivity index (χ1) is 5.77. The van der Waals surface area contributed by atoms with Gasteiger partial charge in [-0.2, -0.15) is 0 Å². The van der Waals surface area contributed by atoms with Crippen molar-refractivity contribution >= 4 is 11.6 Å². The van der Waals surface area contributed by atoms with Crippen LogP contribution < -0.4 is 0 Å². The van der Waals surface area contributed by atoms with E-state index in [0.29, 0.717) is 11.5 Å². The lowest BCUT2D eigenvalue weighted by Gasteiger charge is -2.17. The zero-order chi connectivity index (χ0) is 8.60. The van der Waals surface area contributed by atoms with Gasteiger partial charge in [-0.15, -0.1) is 11.6 Å². The van der Waals surface area contributed by atoms with E-state index in [1.807, 2.05) is 0 Å². The maximum absolute atomic E-state index is 5.97. The molecule has 1 nitrogen and oxygen atoms in total. The lowest BCUT2D eigenvalue weighted by atomic mass is 9.97. The van der Waals surface area contributed by atoms with Gasteiger partial charge in [0.15, 0.2) is 0 Å². The van der Waals surface area contributed by atoms with Crippen LogP contribution in [0.3, 0.4) is 0 Å². The van der Waals surface area contributed by atoms with E-state index in [-0.39, 0.29) is 0 Å². The Hall–Kier alpha value is 0.250. The second-order valence-electron chi connectivity index (χ2n) is 4.44. The third-order valence-electron chi connectivity index (χ3n) is 3.52. The van der Waals surface area contributed by atoms with Gasteiger partial charge in [-0.05, 0) is 37.0 Å². The molecule has 70 valence electrons. The molecule has 0 radical (unpaired) electrons. The van der Waals surface area contributed by atoms with E-state index >= 15 is 0 Å². The SMILES string of the molecule is CC1CC1(CCl)C[C@@H]1CCCO1. The molecule has 0 aromatic heterocycles. The fourth-order valence-electron chi connectivity index (χ4n) is 2.33. The summed E-state index contributed by atoms with van der Waals surface area (Å²) >= 11 is 5.97. The molecule has 2 unspecified atom stereocenters. The average Bonchev–Trinajstić information content (AvgIpc) is 2.51. The Kier molecular flexibility index (Phi) is 2.35. The first-order valence-electron chi connectivity index (χ1n) is 4.94. The molecular weight excluding hydrogens is 172 g/mol. The molecule has 0 N–H and O–H groups in total. The van der Waals surface area contributed by atoms with Gasteiger partial charge in [-0.3, -0.25) is 0 Å². The van der Waals surface area contributed by atoms with Crippen LogP contribution in [0.1, 0.15) is 32.6 Å². The van der Waals surface area contributed by atoms with Gasteiger partial charge in [-0.1, -0.05) is 6.92 Å². The number of alkyl halides is 1. The summed E-state index contributed by atoms with van der Waals surface area (Å²) in [7, 11) is 0. The molecule has 1 aliphatic carbocycles. The summed E-state index contributed by atoms with van der Waals surface area (Å²) in [5, 5.41) is 0. The third-order valence-corrected chi connectivity index (χ3v) is 4.05. The van der Waals surface area contributed by atoms with Crippen LogP contribution in [0.2, 0.25) is 0 Å². The molecule has 1 aliphatic heterocycles. The highest BCUT2D eigenvalue weighted by Gasteiger charge is 2.51. The molecule has 0 bridgehead atoms. The van der Waals surface area contributed by atoms with Crippen molar-refractivity contribution in [2.45, 2.75) is 38.7 Å². The highest BCUT2D eigenvalue weighted by molar-refractivity contribution is 6.18. The minimum absolute atomic E-state index is 0.455. The molecule has 3 atom stereocenters. The van der Waals surface area contributed by atoms with E-state index in [1.54, 1.807) is 0 Å². The van der Waals surface area contributed by atoms with Gasteiger partial charge in [0, 0.05) is 12.5 Å². The highest BCUT2D eigenvalue weighted by atomic mass is 35.5. The molecule has 1 saturated heterocycles. The van der Waals surface area contributed by atoms with E-state index in [2.05, 4.69) is 6.92 Å². The standard InChI is InChI=1S/C10H17ClO/c1-8-5-10(8,7-11)6-9-3-2-4-12-9/h8-9H,2-7H2,1H3/t8?,9-,10?/m0/s1. The number of halogens is 1. The van der Waals surface area contributed by atoms with Crippen LogP contribution >= 0.6 is 11.6 Å². The fraction of sp³-hybridized carbons (Fsp3) is 1.00. The maximum atomic E-state index is 5.97. The molecule has 0 aromatic carbocycles. The van der Waals surface area contributed by atoms with Gasteiger partial charge in [-0.25, -0.2) is 0 Å². The Morgan fingerprint density at radius 1 is 1.58 bits per heavy atom. The summed E-state index contributed by atoms with van der Waals surface area (Å²) in [5.74, 6) is 1.66. The number of hydrogen-bond acceptors (Lipinski definition) is 1. The second-order valence-corrected chi connectivity index (χ2v) is 4.71. The largest absolute Gasteiger partial charge is 0.378 e. The Morgan fingerprint density at radius 3 is 2.75 bits per heavy atom. The monoisotopic (exact) mass is 188 g/mol. The van der Waals surface area contributed by atoms with Gasteiger partial charge >= 0.3 is 0 Å². The second kappa shape index (κ2) is 3.19. The number of ether oxygens (including phenoxy) is 1. The zero-order valence-corrected chi connectivity index (χ0v) is 8.44. The smallest absolute Gasteiger partial charge is 0.0581 e. The topological polar surface area (TPSA) is 9.23 Å². The summed E-state index contributed by atoms with van der Waals surface area (Å²) in [6.45, 7) is 3.27. The Balaban J connectivity index is 1.85. The normalized spacial score (nSPS) is 46.5. The first kappa shape index (κ1) is 8.83. The minimum atomic E-state index is 0.455. The lowest BCUT2D eigenvalue weighted by Crippen LogP contribution is -2.16. The van der Waals surface area contributed by atoms with Crippen molar-refractivity contribution in [2.75, 3.05) is 12.5 Å². The van der Waals surface area contributed by atoms with Crippen LogP contribution in [-0.2, 0) is 4.74 Å². The van der Waals surface area contributed by atoms with E-state index in [4.69, 9.17) is 16.3 Å². The predicted molar refractivity (Wildman–Crippen MR) is 50.5 cm³/mol. The van der Waals surface area contributed by atoms with Gasteiger partial charge in [0.1, 0.15) is 0 Å². The number of rotatable bonds is 3. The molecule has 0 amide bonds. The van der Waals surface area contributed by atoms with Crippen LogP contribution in [0, 0.1) is 11.3 Å². The van der Waals surface area contributed by atoms with Crippen molar-refractivity contribution < 1.29 is 4.74 Å². The highest BCUT2D eigenvalue weighted by Crippen LogP contribution is 2.57.